The van der Waals surface area contributed by atoms with E-state index in [1.807, 2.05) is 6.92 Å². The van der Waals surface area contributed by atoms with Crippen LogP contribution in [0.4, 0.5) is 13.6 Å². The summed E-state index contributed by atoms with van der Waals surface area (Å²) < 4.78 is 55.1. The van der Waals surface area contributed by atoms with Crippen molar-refractivity contribution in [1.29, 1.82) is 0 Å². The standard InChI is InChI=1S/C13H15F2N3O4S/c1-2-9-7-16-18(8-9)13(19)17-23(20,21)11-6-4-3-5-10(11)22-12(14)15/h3-7,9,12H,2,8H2,1H3,(H,17,19). The molecule has 0 radical (unpaired) electrons. The van der Waals surface area contributed by atoms with E-state index in [0.29, 0.717) is 0 Å². The molecular weight excluding hydrogens is 332 g/mol. The number of carbonyl (C=O) groups is 1. The molecule has 0 fully saturated rings. The maximum Gasteiger partial charge on any atom is 0.387 e. The third kappa shape index (κ3) is 4.15. The zero-order chi connectivity index (χ0) is 17.0. The monoisotopic (exact) mass is 347 g/mol. The average molecular weight is 347 g/mol. The van der Waals surface area contributed by atoms with Gasteiger partial charge in [0.2, 0.25) is 0 Å². The number of urea groups is 1. The van der Waals surface area contributed by atoms with Gasteiger partial charge in [0.05, 0.1) is 6.54 Å². The maximum absolute atomic E-state index is 12.3. The van der Waals surface area contributed by atoms with Gasteiger partial charge in [-0.3, -0.25) is 0 Å². The van der Waals surface area contributed by atoms with E-state index in [9.17, 15) is 22.0 Å². The fourth-order valence-corrected chi connectivity index (χ4v) is 3.03. The van der Waals surface area contributed by atoms with Crippen molar-refractivity contribution in [1.82, 2.24) is 9.73 Å². The maximum atomic E-state index is 12.3. The van der Waals surface area contributed by atoms with Crippen molar-refractivity contribution in [2.75, 3.05) is 6.54 Å². The highest BCUT2D eigenvalue weighted by molar-refractivity contribution is 7.90. The summed E-state index contributed by atoms with van der Waals surface area (Å²) in [5.74, 6) is -0.489. The minimum Gasteiger partial charge on any atom is -0.433 e. The van der Waals surface area contributed by atoms with Crippen LogP contribution in [0.25, 0.3) is 0 Å². The summed E-state index contributed by atoms with van der Waals surface area (Å²) in [5.41, 5.74) is 0. The van der Waals surface area contributed by atoms with Crippen molar-refractivity contribution < 1.29 is 26.7 Å². The van der Waals surface area contributed by atoms with Crippen molar-refractivity contribution in [3.63, 3.8) is 0 Å². The lowest BCUT2D eigenvalue weighted by atomic mass is 10.1. The number of hydrogen-bond donors (Lipinski definition) is 1. The van der Waals surface area contributed by atoms with Crippen LogP contribution in [0.3, 0.4) is 0 Å². The molecule has 0 bridgehead atoms. The Morgan fingerprint density at radius 1 is 1.48 bits per heavy atom. The molecule has 1 heterocycles. The lowest BCUT2D eigenvalue weighted by Crippen LogP contribution is -2.40. The highest BCUT2D eigenvalue weighted by Crippen LogP contribution is 2.25. The Bertz CT molecular complexity index is 709. The van der Waals surface area contributed by atoms with Crippen LogP contribution in [0, 0.1) is 5.92 Å². The molecule has 1 unspecified atom stereocenters. The molecule has 1 aliphatic heterocycles. The third-order valence-corrected chi connectivity index (χ3v) is 4.52. The molecule has 2 amide bonds. The number of halogens is 2. The molecule has 0 saturated carbocycles. The Balaban J connectivity index is 2.16. The van der Waals surface area contributed by atoms with Crippen LogP contribution >= 0.6 is 0 Å². The Hall–Kier alpha value is -2.23. The van der Waals surface area contributed by atoms with Gasteiger partial charge in [-0.05, 0) is 18.6 Å². The molecule has 0 saturated heterocycles. The number of rotatable bonds is 5. The Morgan fingerprint density at radius 2 is 2.17 bits per heavy atom. The quantitative estimate of drug-likeness (QED) is 0.882. The highest BCUT2D eigenvalue weighted by Gasteiger charge is 2.28. The molecule has 10 heteroatoms. The molecule has 126 valence electrons. The Kier molecular flexibility index (Phi) is 5.14. The lowest BCUT2D eigenvalue weighted by molar-refractivity contribution is -0.0517. The van der Waals surface area contributed by atoms with Gasteiger partial charge in [-0.15, -0.1) is 0 Å². The Morgan fingerprint density at radius 3 is 2.78 bits per heavy atom. The van der Waals surface area contributed by atoms with Crippen LogP contribution in [0.2, 0.25) is 0 Å². The number of nitrogens with zero attached hydrogens (tertiary/aromatic N) is 2. The molecule has 0 spiro atoms. The van der Waals surface area contributed by atoms with Gasteiger partial charge < -0.3 is 4.74 Å². The summed E-state index contributed by atoms with van der Waals surface area (Å²) in [6.07, 6.45) is 2.31. The van der Waals surface area contributed by atoms with Crippen molar-refractivity contribution in [2.24, 2.45) is 11.0 Å². The second kappa shape index (κ2) is 6.90. The van der Waals surface area contributed by atoms with E-state index in [1.165, 1.54) is 12.1 Å². The first-order valence-corrected chi connectivity index (χ1v) is 8.24. The number of sulfonamides is 1. The second-order valence-electron chi connectivity index (χ2n) is 4.75. The van der Waals surface area contributed by atoms with Gasteiger partial charge >= 0.3 is 12.6 Å². The molecule has 0 aliphatic carbocycles. The van der Waals surface area contributed by atoms with E-state index in [4.69, 9.17) is 0 Å². The predicted octanol–water partition coefficient (Wildman–Crippen LogP) is 2.01. The predicted molar refractivity (Wildman–Crippen MR) is 77.8 cm³/mol. The first-order valence-electron chi connectivity index (χ1n) is 6.75. The van der Waals surface area contributed by atoms with Crippen LogP contribution in [-0.2, 0) is 10.0 Å². The first kappa shape index (κ1) is 17.1. The third-order valence-electron chi connectivity index (χ3n) is 3.16. The van der Waals surface area contributed by atoms with Gasteiger partial charge in [0.15, 0.2) is 0 Å². The number of nitrogens with one attached hydrogen (secondary N) is 1. The number of alkyl halides is 2. The number of benzene rings is 1. The smallest absolute Gasteiger partial charge is 0.387 e. The number of ether oxygens (including phenoxy) is 1. The van der Waals surface area contributed by atoms with Crippen molar-refractivity contribution in [3.05, 3.63) is 24.3 Å². The largest absolute Gasteiger partial charge is 0.433 e. The van der Waals surface area contributed by atoms with E-state index in [1.54, 1.807) is 10.9 Å². The molecular formula is C13H15F2N3O4S. The number of amides is 2. The molecule has 1 aromatic carbocycles. The number of para-hydroxylation sites is 1. The number of hydrogen-bond acceptors (Lipinski definition) is 5. The minimum atomic E-state index is -4.37. The lowest BCUT2D eigenvalue weighted by Gasteiger charge is -2.16. The molecule has 1 aromatic rings. The molecule has 2 rings (SSSR count). The van der Waals surface area contributed by atoms with Crippen LogP contribution in [0.1, 0.15) is 13.3 Å². The zero-order valence-electron chi connectivity index (χ0n) is 12.1. The minimum absolute atomic E-state index is 0.0536. The highest BCUT2D eigenvalue weighted by atomic mass is 32.2. The van der Waals surface area contributed by atoms with Crippen molar-refractivity contribution >= 4 is 22.3 Å². The van der Waals surface area contributed by atoms with E-state index < -0.39 is 33.3 Å². The van der Waals surface area contributed by atoms with Gasteiger partial charge in [0.1, 0.15) is 10.6 Å². The average Bonchev–Trinajstić information content (AvgIpc) is 2.95. The number of carbonyl (C=O) groups excluding carboxylic acids is 1. The number of hydrazone groups is 1. The van der Waals surface area contributed by atoms with Crippen LogP contribution < -0.4 is 9.46 Å². The van der Waals surface area contributed by atoms with Crippen LogP contribution in [-0.4, -0.2) is 38.8 Å². The topological polar surface area (TPSA) is 88.1 Å². The van der Waals surface area contributed by atoms with Gasteiger partial charge in [-0.2, -0.15) is 13.9 Å². The first-order chi connectivity index (χ1) is 10.8. The van der Waals surface area contributed by atoms with E-state index in [2.05, 4.69) is 9.84 Å². The fraction of sp³-hybridized carbons (Fsp3) is 0.385. The fourth-order valence-electron chi connectivity index (χ4n) is 1.95. The summed E-state index contributed by atoms with van der Waals surface area (Å²) in [5, 5.41) is 4.79. The molecule has 23 heavy (non-hydrogen) atoms. The molecule has 1 aliphatic rings. The SMILES string of the molecule is CCC1C=NN(C(=O)NS(=O)(=O)c2ccccc2OC(F)F)C1. The van der Waals surface area contributed by atoms with Gasteiger partial charge in [-0.1, -0.05) is 19.1 Å². The zero-order valence-corrected chi connectivity index (χ0v) is 13.0. The summed E-state index contributed by atoms with van der Waals surface area (Å²) in [6.45, 7) is -1.02. The van der Waals surface area contributed by atoms with Crippen molar-refractivity contribution in [2.45, 2.75) is 24.9 Å². The summed E-state index contributed by atoms with van der Waals surface area (Å²) in [4.78, 5) is 11.4. The second-order valence-corrected chi connectivity index (χ2v) is 6.40. The summed E-state index contributed by atoms with van der Waals surface area (Å²) >= 11 is 0. The summed E-state index contributed by atoms with van der Waals surface area (Å²) in [7, 11) is -4.37. The van der Waals surface area contributed by atoms with E-state index in [0.717, 1.165) is 23.6 Å². The van der Waals surface area contributed by atoms with Crippen LogP contribution in [0.15, 0.2) is 34.3 Å². The van der Waals surface area contributed by atoms with E-state index in [-0.39, 0.29) is 12.5 Å². The van der Waals surface area contributed by atoms with Gasteiger partial charge in [0.25, 0.3) is 10.0 Å². The molecule has 7 nitrogen and oxygen atoms in total. The van der Waals surface area contributed by atoms with E-state index >= 15 is 0 Å². The van der Waals surface area contributed by atoms with Gasteiger partial charge in [-0.25, -0.2) is 22.9 Å². The normalized spacial score (nSPS) is 17.6. The Labute approximate surface area is 132 Å². The van der Waals surface area contributed by atoms with Crippen LogP contribution in [0.5, 0.6) is 5.75 Å². The summed E-state index contributed by atoms with van der Waals surface area (Å²) in [6, 6.07) is 3.86. The van der Waals surface area contributed by atoms with Crippen molar-refractivity contribution in [3.8, 4) is 5.75 Å². The molecule has 1 atom stereocenters. The molecule has 1 N–H and O–H groups in total. The van der Waals surface area contributed by atoms with Gasteiger partial charge in [0, 0.05) is 12.1 Å². The molecule has 0 aromatic heterocycles.